The zero-order valence-corrected chi connectivity index (χ0v) is 15.7. The molecule has 5 heteroatoms. The second-order valence-corrected chi connectivity index (χ2v) is 6.41. The molecule has 1 amide bonds. The van der Waals surface area contributed by atoms with Crippen LogP contribution in [0.4, 0.5) is 11.4 Å². The van der Waals surface area contributed by atoms with Gasteiger partial charge in [-0.3, -0.25) is 4.79 Å². The van der Waals surface area contributed by atoms with Gasteiger partial charge in [0.1, 0.15) is 11.5 Å². The highest BCUT2D eigenvalue weighted by atomic mass is 16.5. The number of hydrogen-bond acceptors (Lipinski definition) is 4. The maximum atomic E-state index is 12.0. The predicted molar refractivity (Wildman–Crippen MR) is 106 cm³/mol. The number of anilines is 2. The van der Waals surface area contributed by atoms with E-state index in [1.807, 2.05) is 55.5 Å². The van der Waals surface area contributed by atoms with Crippen molar-refractivity contribution in [1.29, 1.82) is 0 Å². The van der Waals surface area contributed by atoms with Crippen molar-refractivity contribution in [3.05, 3.63) is 48.5 Å². The van der Waals surface area contributed by atoms with Gasteiger partial charge in [0, 0.05) is 11.4 Å². The highest BCUT2D eigenvalue weighted by Gasteiger charge is 2.03. The molecule has 0 atom stereocenters. The molecule has 2 rings (SSSR count). The summed E-state index contributed by atoms with van der Waals surface area (Å²) >= 11 is 0. The normalized spacial score (nSPS) is 10.5. The molecule has 0 bridgehead atoms. The van der Waals surface area contributed by atoms with E-state index in [1.54, 1.807) is 0 Å². The molecule has 0 aliphatic rings. The van der Waals surface area contributed by atoms with E-state index in [4.69, 9.17) is 9.47 Å². The number of carbonyl (C=O) groups excluding carboxylic acids is 1. The van der Waals surface area contributed by atoms with Gasteiger partial charge in [0.25, 0.3) is 0 Å². The van der Waals surface area contributed by atoms with Gasteiger partial charge in [0.05, 0.1) is 19.8 Å². The Hall–Kier alpha value is -2.69. The molecule has 0 heterocycles. The number of amides is 1. The van der Waals surface area contributed by atoms with E-state index in [1.165, 1.54) is 0 Å². The van der Waals surface area contributed by atoms with Gasteiger partial charge in [0.2, 0.25) is 5.91 Å². The number of hydrogen-bond donors (Lipinski definition) is 2. The topological polar surface area (TPSA) is 59.6 Å². The summed E-state index contributed by atoms with van der Waals surface area (Å²) in [5.74, 6) is 2.16. The van der Waals surface area contributed by atoms with E-state index in [2.05, 4.69) is 24.5 Å². The van der Waals surface area contributed by atoms with Gasteiger partial charge in [-0.2, -0.15) is 0 Å². The molecule has 5 nitrogen and oxygen atoms in total. The van der Waals surface area contributed by atoms with Crippen molar-refractivity contribution >= 4 is 17.3 Å². The van der Waals surface area contributed by atoms with E-state index in [9.17, 15) is 4.79 Å². The minimum absolute atomic E-state index is 0.105. The third kappa shape index (κ3) is 7.05. The summed E-state index contributed by atoms with van der Waals surface area (Å²) in [4.78, 5) is 12.0. The first-order valence-electron chi connectivity index (χ1n) is 9.06. The van der Waals surface area contributed by atoms with Crippen LogP contribution in [0.1, 0.15) is 27.2 Å². The van der Waals surface area contributed by atoms with E-state index < -0.39 is 0 Å². The van der Waals surface area contributed by atoms with Crippen LogP contribution in [0.25, 0.3) is 0 Å². The SMILES string of the molecule is CCOc1ccc(NC(=O)CNc2ccc(OCCC(C)C)cc2)cc1. The van der Waals surface area contributed by atoms with E-state index >= 15 is 0 Å². The molecule has 0 saturated heterocycles. The summed E-state index contributed by atoms with van der Waals surface area (Å²) in [5, 5.41) is 5.96. The van der Waals surface area contributed by atoms with Crippen LogP contribution < -0.4 is 20.1 Å². The van der Waals surface area contributed by atoms with Crippen molar-refractivity contribution in [2.24, 2.45) is 5.92 Å². The first-order valence-corrected chi connectivity index (χ1v) is 9.06. The Balaban J connectivity index is 1.74. The van der Waals surface area contributed by atoms with Crippen molar-refractivity contribution in [2.45, 2.75) is 27.2 Å². The van der Waals surface area contributed by atoms with Crippen molar-refractivity contribution in [3.63, 3.8) is 0 Å². The lowest BCUT2D eigenvalue weighted by Crippen LogP contribution is -2.21. The van der Waals surface area contributed by atoms with Gasteiger partial charge in [-0.1, -0.05) is 13.8 Å². The number of rotatable bonds is 10. The fourth-order valence-corrected chi connectivity index (χ4v) is 2.27. The molecule has 0 spiro atoms. The van der Waals surface area contributed by atoms with Crippen LogP contribution in [-0.2, 0) is 4.79 Å². The van der Waals surface area contributed by atoms with E-state index in [-0.39, 0.29) is 12.5 Å². The molecule has 26 heavy (non-hydrogen) atoms. The lowest BCUT2D eigenvalue weighted by Gasteiger charge is -2.10. The summed E-state index contributed by atoms with van der Waals surface area (Å²) in [6.45, 7) is 7.82. The molecular weight excluding hydrogens is 328 g/mol. The minimum atomic E-state index is -0.105. The fourth-order valence-electron chi connectivity index (χ4n) is 2.27. The Bertz CT molecular complexity index is 667. The summed E-state index contributed by atoms with van der Waals surface area (Å²) < 4.78 is 11.1. The van der Waals surface area contributed by atoms with Crippen LogP contribution in [-0.4, -0.2) is 25.7 Å². The van der Waals surface area contributed by atoms with Gasteiger partial charge in [-0.25, -0.2) is 0 Å². The average Bonchev–Trinajstić information content (AvgIpc) is 2.63. The van der Waals surface area contributed by atoms with Gasteiger partial charge in [-0.05, 0) is 67.8 Å². The Morgan fingerprint density at radius 1 is 0.923 bits per heavy atom. The standard InChI is InChI=1S/C21H28N2O3/c1-4-25-19-11-7-18(8-12-19)23-21(24)15-22-17-5-9-20(10-6-17)26-14-13-16(2)3/h5-12,16,22H,4,13-15H2,1-3H3,(H,23,24). The zero-order chi connectivity index (χ0) is 18.8. The van der Waals surface area contributed by atoms with Gasteiger partial charge in [-0.15, -0.1) is 0 Å². The van der Waals surface area contributed by atoms with Crippen LogP contribution in [0.5, 0.6) is 11.5 Å². The number of nitrogens with one attached hydrogen (secondary N) is 2. The molecule has 2 aromatic rings. The third-order valence-electron chi connectivity index (χ3n) is 3.72. The maximum Gasteiger partial charge on any atom is 0.243 e. The van der Waals surface area contributed by atoms with Crippen LogP contribution >= 0.6 is 0 Å². The lowest BCUT2D eigenvalue weighted by molar-refractivity contribution is -0.114. The molecule has 0 fully saturated rings. The van der Waals surface area contributed by atoms with E-state index in [0.717, 1.165) is 35.9 Å². The van der Waals surface area contributed by atoms with Crippen LogP contribution in [0.2, 0.25) is 0 Å². The second-order valence-electron chi connectivity index (χ2n) is 6.41. The highest BCUT2D eigenvalue weighted by Crippen LogP contribution is 2.17. The van der Waals surface area contributed by atoms with Gasteiger partial charge >= 0.3 is 0 Å². The summed E-state index contributed by atoms with van der Waals surface area (Å²) in [6.07, 6.45) is 1.03. The first kappa shape index (κ1) is 19.6. The average molecular weight is 356 g/mol. The molecule has 2 aromatic carbocycles. The Morgan fingerprint density at radius 3 is 2.08 bits per heavy atom. The zero-order valence-electron chi connectivity index (χ0n) is 15.7. The molecular formula is C21H28N2O3. The molecule has 0 saturated carbocycles. The number of ether oxygens (including phenoxy) is 2. The van der Waals surface area contributed by atoms with E-state index in [0.29, 0.717) is 12.5 Å². The molecule has 0 aliphatic heterocycles. The molecule has 0 unspecified atom stereocenters. The first-order chi connectivity index (χ1) is 12.6. The molecule has 0 radical (unpaired) electrons. The van der Waals surface area contributed by atoms with Gasteiger partial charge in [0.15, 0.2) is 0 Å². The van der Waals surface area contributed by atoms with Crippen molar-refractivity contribution in [2.75, 3.05) is 30.4 Å². The van der Waals surface area contributed by atoms with Crippen LogP contribution in [0, 0.1) is 5.92 Å². The number of benzene rings is 2. The Kier molecular flexibility index (Phi) is 7.80. The van der Waals surface area contributed by atoms with Crippen molar-refractivity contribution in [1.82, 2.24) is 0 Å². The van der Waals surface area contributed by atoms with Gasteiger partial charge < -0.3 is 20.1 Å². The molecule has 0 aromatic heterocycles. The largest absolute Gasteiger partial charge is 0.494 e. The second kappa shape index (κ2) is 10.3. The predicted octanol–water partition coefficient (Wildman–Crippen LogP) is 4.56. The third-order valence-corrected chi connectivity index (χ3v) is 3.72. The summed E-state index contributed by atoms with van der Waals surface area (Å²) in [6, 6.07) is 15.0. The maximum absolute atomic E-state index is 12.0. The summed E-state index contributed by atoms with van der Waals surface area (Å²) in [5.41, 5.74) is 1.62. The van der Waals surface area contributed by atoms with Crippen molar-refractivity contribution in [3.8, 4) is 11.5 Å². The quantitative estimate of drug-likeness (QED) is 0.655. The Labute approximate surface area is 155 Å². The molecule has 0 aliphatic carbocycles. The smallest absolute Gasteiger partial charge is 0.243 e. The summed E-state index contributed by atoms with van der Waals surface area (Å²) in [7, 11) is 0. The minimum Gasteiger partial charge on any atom is -0.494 e. The molecule has 140 valence electrons. The van der Waals surface area contributed by atoms with Crippen LogP contribution in [0.15, 0.2) is 48.5 Å². The molecule has 2 N–H and O–H groups in total. The highest BCUT2D eigenvalue weighted by molar-refractivity contribution is 5.93. The monoisotopic (exact) mass is 356 g/mol. The Morgan fingerprint density at radius 2 is 1.50 bits per heavy atom. The number of carbonyl (C=O) groups is 1. The lowest BCUT2D eigenvalue weighted by atomic mass is 10.1. The van der Waals surface area contributed by atoms with Crippen LogP contribution in [0.3, 0.4) is 0 Å². The van der Waals surface area contributed by atoms with Crippen molar-refractivity contribution < 1.29 is 14.3 Å². The fraction of sp³-hybridized carbons (Fsp3) is 0.381.